The van der Waals surface area contributed by atoms with Gasteiger partial charge >= 0.3 is 0 Å². The molecule has 15 heavy (non-hydrogen) atoms. The number of nitrogens with zero attached hydrogens (tertiary/aromatic N) is 2. The van der Waals surface area contributed by atoms with E-state index in [0.717, 1.165) is 12.4 Å². The summed E-state index contributed by atoms with van der Waals surface area (Å²) in [7, 11) is 0. The lowest BCUT2D eigenvalue weighted by Crippen LogP contribution is -2.08. The van der Waals surface area contributed by atoms with Gasteiger partial charge in [-0.3, -0.25) is 0 Å². The molecule has 3 nitrogen and oxygen atoms in total. The standard InChI is InChI=1S/C12H14N2O/c13-7-11-5-6-12(8-14-11)15-9-10-3-1-2-4-10/h5-6,8,10H,1-4,9H2. The maximum atomic E-state index is 8.58. The van der Waals surface area contributed by atoms with Crippen LogP contribution in [-0.2, 0) is 0 Å². The van der Waals surface area contributed by atoms with Crippen molar-refractivity contribution >= 4 is 0 Å². The van der Waals surface area contributed by atoms with Gasteiger partial charge in [-0.05, 0) is 30.9 Å². The Labute approximate surface area is 89.7 Å². The number of aromatic nitrogens is 1. The second-order valence-corrected chi connectivity index (χ2v) is 3.95. The molecule has 2 rings (SSSR count). The van der Waals surface area contributed by atoms with Crippen LogP contribution in [0.25, 0.3) is 0 Å². The van der Waals surface area contributed by atoms with Crippen LogP contribution >= 0.6 is 0 Å². The first-order chi connectivity index (χ1) is 7.38. The minimum atomic E-state index is 0.434. The van der Waals surface area contributed by atoms with Crippen LogP contribution in [-0.4, -0.2) is 11.6 Å². The summed E-state index contributed by atoms with van der Waals surface area (Å²) in [5.74, 6) is 1.47. The van der Waals surface area contributed by atoms with Crippen molar-refractivity contribution in [3.63, 3.8) is 0 Å². The fraction of sp³-hybridized carbons (Fsp3) is 0.500. The first-order valence-electron chi connectivity index (χ1n) is 5.37. The molecule has 1 aromatic rings. The van der Waals surface area contributed by atoms with Gasteiger partial charge in [0.25, 0.3) is 0 Å². The average molecular weight is 202 g/mol. The summed E-state index contributed by atoms with van der Waals surface area (Å²) in [6.07, 6.45) is 6.85. The van der Waals surface area contributed by atoms with Gasteiger partial charge in [0.2, 0.25) is 0 Å². The Balaban J connectivity index is 1.85. The molecule has 0 atom stereocenters. The average Bonchev–Trinajstić information content (AvgIpc) is 2.80. The topological polar surface area (TPSA) is 45.9 Å². The summed E-state index contributed by atoms with van der Waals surface area (Å²) in [5.41, 5.74) is 0.434. The Morgan fingerprint density at radius 2 is 2.20 bits per heavy atom. The molecule has 0 unspecified atom stereocenters. The highest BCUT2D eigenvalue weighted by molar-refractivity contribution is 5.26. The van der Waals surface area contributed by atoms with Gasteiger partial charge in [-0.25, -0.2) is 4.98 Å². The van der Waals surface area contributed by atoms with Crippen LogP contribution in [0.15, 0.2) is 18.3 Å². The van der Waals surface area contributed by atoms with E-state index in [4.69, 9.17) is 10.00 Å². The fourth-order valence-electron chi connectivity index (χ4n) is 1.92. The molecule has 0 spiro atoms. The van der Waals surface area contributed by atoms with Crippen LogP contribution < -0.4 is 4.74 Å². The molecule has 1 saturated carbocycles. The zero-order chi connectivity index (χ0) is 10.5. The predicted octanol–water partition coefficient (Wildman–Crippen LogP) is 2.52. The van der Waals surface area contributed by atoms with Crippen molar-refractivity contribution in [3.05, 3.63) is 24.0 Å². The first kappa shape index (κ1) is 9.97. The minimum absolute atomic E-state index is 0.434. The lowest BCUT2D eigenvalue weighted by atomic mass is 10.1. The zero-order valence-electron chi connectivity index (χ0n) is 8.65. The Morgan fingerprint density at radius 3 is 2.80 bits per heavy atom. The van der Waals surface area contributed by atoms with Gasteiger partial charge in [0.1, 0.15) is 17.5 Å². The SMILES string of the molecule is N#Cc1ccc(OCC2CCCC2)cn1. The smallest absolute Gasteiger partial charge is 0.140 e. The van der Waals surface area contributed by atoms with Crippen molar-refractivity contribution in [2.75, 3.05) is 6.61 Å². The maximum Gasteiger partial charge on any atom is 0.140 e. The molecule has 1 heterocycles. The third-order valence-electron chi connectivity index (χ3n) is 2.81. The van der Waals surface area contributed by atoms with Crippen molar-refractivity contribution in [3.8, 4) is 11.8 Å². The molecule has 78 valence electrons. The maximum absolute atomic E-state index is 8.58. The van der Waals surface area contributed by atoms with Gasteiger partial charge in [0.15, 0.2) is 0 Å². The summed E-state index contributed by atoms with van der Waals surface area (Å²) in [5, 5.41) is 8.58. The van der Waals surface area contributed by atoms with Crippen LogP contribution in [0.5, 0.6) is 5.75 Å². The van der Waals surface area contributed by atoms with Gasteiger partial charge in [-0.2, -0.15) is 5.26 Å². The van der Waals surface area contributed by atoms with Crippen molar-refractivity contribution in [1.82, 2.24) is 4.98 Å². The third-order valence-corrected chi connectivity index (χ3v) is 2.81. The van der Waals surface area contributed by atoms with Crippen LogP contribution in [0, 0.1) is 17.2 Å². The lowest BCUT2D eigenvalue weighted by molar-refractivity contribution is 0.251. The molecule has 0 bridgehead atoms. The lowest BCUT2D eigenvalue weighted by Gasteiger charge is -2.10. The van der Waals surface area contributed by atoms with Gasteiger partial charge in [0.05, 0.1) is 12.8 Å². The van der Waals surface area contributed by atoms with E-state index in [-0.39, 0.29) is 0 Å². The Hall–Kier alpha value is -1.56. The Kier molecular flexibility index (Phi) is 3.18. The summed E-state index contributed by atoms with van der Waals surface area (Å²) in [4.78, 5) is 3.96. The molecule has 0 amide bonds. The molecule has 1 fully saturated rings. The summed E-state index contributed by atoms with van der Waals surface area (Å²) < 4.78 is 5.62. The number of pyridine rings is 1. The van der Waals surface area contributed by atoms with Gasteiger partial charge in [-0.15, -0.1) is 0 Å². The molecule has 3 heteroatoms. The summed E-state index contributed by atoms with van der Waals surface area (Å²) >= 11 is 0. The van der Waals surface area contributed by atoms with E-state index in [0.29, 0.717) is 11.6 Å². The van der Waals surface area contributed by atoms with E-state index in [1.165, 1.54) is 25.7 Å². The first-order valence-corrected chi connectivity index (χ1v) is 5.37. The minimum Gasteiger partial charge on any atom is -0.492 e. The molecule has 1 aromatic heterocycles. The molecule has 1 aliphatic rings. The summed E-state index contributed by atoms with van der Waals surface area (Å²) in [6, 6.07) is 5.48. The second-order valence-electron chi connectivity index (χ2n) is 3.95. The molecule has 0 aromatic carbocycles. The Bertz CT molecular complexity index is 347. The molecular weight excluding hydrogens is 188 g/mol. The van der Waals surface area contributed by atoms with E-state index in [2.05, 4.69) is 4.98 Å². The highest BCUT2D eigenvalue weighted by Gasteiger charge is 2.15. The normalized spacial score (nSPS) is 16.2. The van der Waals surface area contributed by atoms with E-state index in [1.807, 2.05) is 6.07 Å². The number of rotatable bonds is 3. The van der Waals surface area contributed by atoms with Crippen LogP contribution in [0.3, 0.4) is 0 Å². The number of nitriles is 1. The van der Waals surface area contributed by atoms with Crippen molar-refractivity contribution < 1.29 is 4.74 Å². The fourth-order valence-corrected chi connectivity index (χ4v) is 1.92. The second kappa shape index (κ2) is 4.79. The quantitative estimate of drug-likeness (QED) is 0.756. The van der Waals surface area contributed by atoms with Gasteiger partial charge in [0, 0.05) is 0 Å². The predicted molar refractivity (Wildman–Crippen MR) is 56.4 cm³/mol. The monoisotopic (exact) mass is 202 g/mol. The highest BCUT2D eigenvalue weighted by Crippen LogP contribution is 2.25. The van der Waals surface area contributed by atoms with E-state index < -0.39 is 0 Å². The van der Waals surface area contributed by atoms with Crippen molar-refractivity contribution in [1.29, 1.82) is 5.26 Å². The third kappa shape index (κ3) is 2.69. The van der Waals surface area contributed by atoms with E-state index in [9.17, 15) is 0 Å². The molecule has 1 aliphatic carbocycles. The molecular formula is C12H14N2O. The van der Waals surface area contributed by atoms with Crippen LogP contribution in [0.2, 0.25) is 0 Å². The number of ether oxygens (including phenoxy) is 1. The largest absolute Gasteiger partial charge is 0.492 e. The molecule has 0 aliphatic heterocycles. The highest BCUT2D eigenvalue weighted by atomic mass is 16.5. The summed E-state index contributed by atoms with van der Waals surface area (Å²) in [6.45, 7) is 0.785. The van der Waals surface area contributed by atoms with Crippen molar-refractivity contribution in [2.24, 2.45) is 5.92 Å². The number of hydrogen-bond donors (Lipinski definition) is 0. The molecule has 0 saturated heterocycles. The molecule has 0 radical (unpaired) electrons. The van der Waals surface area contributed by atoms with Gasteiger partial charge in [-0.1, -0.05) is 12.8 Å². The van der Waals surface area contributed by atoms with Crippen molar-refractivity contribution in [2.45, 2.75) is 25.7 Å². The van der Waals surface area contributed by atoms with E-state index in [1.54, 1.807) is 18.3 Å². The van der Waals surface area contributed by atoms with Crippen LogP contribution in [0.4, 0.5) is 0 Å². The van der Waals surface area contributed by atoms with E-state index >= 15 is 0 Å². The van der Waals surface area contributed by atoms with Gasteiger partial charge < -0.3 is 4.74 Å². The number of hydrogen-bond acceptors (Lipinski definition) is 3. The zero-order valence-corrected chi connectivity index (χ0v) is 8.65. The molecule has 0 N–H and O–H groups in total. The van der Waals surface area contributed by atoms with Crippen LogP contribution in [0.1, 0.15) is 31.4 Å². The Morgan fingerprint density at radius 1 is 1.40 bits per heavy atom.